The van der Waals surface area contributed by atoms with E-state index in [0.717, 1.165) is 0 Å². The van der Waals surface area contributed by atoms with Crippen molar-refractivity contribution in [1.29, 1.82) is 0 Å². The zero-order chi connectivity index (χ0) is 5.33. The van der Waals surface area contributed by atoms with E-state index in [1.54, 1.807) is 0 Å². The molecule has 42 valence electrons. The smallest absolute Gasteiger partial charge is 0.0162 e. The third-order valence-corrected chi connectivity index (χ3v) is 2.01. The Hall–Kier alpha value is -0.0400. The minimum Gasteiger partial charge on any atom is -0.311 e. The predicted octanol–water partition coefficient (Wildman–Crippen LogP) is 1.15. The van der Waals surface area contributed by atoms with Crippen LogP contribution < -0.4 is 5.32 Å². The molecule has 1 unspecified atom stereocenters. The van der Waals surface area contributed by atoms with Gasteiger partial charge in [-0.15, -0.1) is 0 Å². The van der Waals surface area contributed by atoms with Gasteiger partial charge in [0.2, 0.25) is 0 Å². The average molecular weight is 99.2 g/mol. The van der Waals surface area contributed by atoms with E-state index >= 15 is 0 Å². The zero-order valence-corrected chi connectivity index (χ0v) is 5.12. The van der Waals surface area contributed by atoms with Gasteiger partial charge in [-0.3, -0.25) is 0 Å². The molecule has 1 N–H and O–H groups in total. The number of hydrogen-bond acceptors (Lipinski definition) is 1. The fourth-order valence-electron chi connectivity index (χ4n) is 0.854. The zero-order valence-electron chi connectivity index (χ0n) is 5.12. The monoisotopic (exact) mass is 99.1 g/mol. The highest BCUT2D eigenvalue weighted by molar-refractivity contribution is 4.90. The van der Waals surface area contributed by atoms with Crippen molar-refractivity contribution in [2.24, 2.45) is 0 Å². The molecule has 0 aromatic carbocycles. The summed E-state index contributed by atoms with van der Waals surface area (Å²) in [5.41, 5.74) is 0.514. The molecule has 0 amide bonds. The third-order valence-electron chi connectivity index (χ3n) is 2.01. The Bertz CT molecular complexity index is 59.1. The van der Waals surface area contributed by atoms with Crippen molar-refractivity contribution in [2.45, 2.75) is 32.2 Å². The van der Waals surface area contributed by atoms with Crippen LogP contribution in [-0.4, -0.2) is 12.1 Å². The van der Waals surface area contributed by atoms with Gasteiger partial charge in [0.25, 0.3) is 0 Å². The molecule has 1 fully saturated rings. The first-order valence-electron chi connectivity index (χ1n) is 3.02. The normalized spacial score (nSPS) is 40.3. The van der Waals surface area contributed by atoms with Crippen molar-refractivity contribution in [1.82, 2.24) is 5.32 Å². The predicted molar refractivity (Wildman–Crippen MR) is 31.3 cm³/mol. The van der Waals surface area contributed by atoms with Crippen molar-refractivity contribution in [3.63, 3.8) is 0 Å². The van der Waals surface area contributed by atoms with Gasteiger partial charge in [-0.1, -0.05) is 6.92 Å². The van der Waals surface area contributed by atoms with E-state index in [2.05, 4.69) is 19.2 Å². The molecule has 0 radical (unpaired) electrons. The standard InChI is InChI=1S/C6H13N/c1-3-6(2)4-5-7-6/h7H,3-5H2,1-2H3. The van der Waals surface area contributed by atoms with E-state index in [4.69, 9.17) is 0 Å². The van der Waals surface area contributed by atoms with Crippen LogP contribution in [0.25, 0.3) is 0 Å². The Labute approximate surface area is 45.1 Å². The third kappa shape index (κ3) is 0.778. The quantitative estimate of drug-likeness (QED) is 0.520. The molecule has 0 spiro atoms. The maximum absolute atomic E-state index is 3.37. The van der Waals surface area contributed by atoms with E-state index in [-0.39, 0.29) is 0 Å². The molecule has 1 heterocycles. The van der Waals surface area contributed by atoms with Gasteiger partial charge >= 0.3 is 0 Å². The number of nitrogens with one attached hydrogen (secondary N) is 1. The molecule has 1 nitrogen and oxygen atoms in total. The summed E-state index contributed by atoms with van der Waals surface area (Å²) in [5.74, 6) is 0. The summed E-state index contributed by atoms with van der Waals surface area (Å²) in [7, 11) is 0. The molecule has 1 aliphatic heterocycles. The first-order chi connectivity index (χ1) is 3.27. The van der Waals surface area contributed by atoms with Gasteiger partial charge in [0.05, 0.1) is 0 Å². The van der Waals surface area contributed by atoms with Crippen LogP contribution in [0.1, 0.15) is 26.7 Å². The lowest BCUT2D eigenvalue weighted by atomic mass is 9.88. The molecule has 0 bridgehead atoms. The van der Waals surface area contributed by atoms with E-state index in [1.165, 1.54) is 19.4 Å². The highest BCUT2D eigenvalue weighted by atomic mass is 15.0. The molecule has 0 aromatic heterocycles. The summed E-state index contributed by atoms with van der Waals surface area (Å²) in [6.07, 6.45) is 2.64. The van der Waals surface area contributed by atoms with Crippen LogP contribution in [0.15, 0.2) is 0 Å². The summed E-state index contributed by atoms with van der Waals surface area (Å²) in [6.45, 7) is 5.73. The van der Waals surface area contributed by atoms with Gasteiger partial charge in [0.15, 0.2) is 0 Å². The van der Waals surface area contributed by atoms with Crippen LogP contribution in [-0.2, 0) is 0 Å². The second-order valence-corrected chi connectivity index (χ2v) is 2.59. The Morgan fingerprint density at radius 3 is 2.29 bits per heavy atom. The van der Waals surface area contributed by atoms with Crippen molar-refractivity contribution in [3.05, 3.63) is 0 Å². The number of rotatable bonds is 1. The van der Waals surface area contributed by atoms with Crippen molar-refractivity contribution < 1.29 is 0 Å². The summed E-state index contributed by atoms with van der Waals surface area (Å²) in [6, 6.07) is 0. The van der Waals surface area contributed by atoms with Gasteiger partial charge in [0, 0.05) is 5.54 Å². The van der Waals surface area contributed by atoms with Crippen molar-refractivity contribution in [3.8, 4) is 0 Å². The maximum Gasteiger partial charge on any atom is 0.0162 e. The van der Waals surface area contributed by atoms with Gasteiger partial charge in [-0.2, -0.15) is 0 Å². The Kier molecular flexibility index (Phi) is 1.08. The van der Waals surface area contributed by atoms with Crippen LogP contribution in [0.4, 0.5) is 0 Å². The average Bonchev–Trinajstić information content (AvgIpc) is 1.61. The highest BCUT2D eigenvalue weighted by Gasteiger charge is 2.27. The Morgan fingerprint density at radius 2 is 2.29 bits per heavy atom. The molecule has 1 heteroatoms. The van der Waals surface area contributed by atoms with E-state index in [9.17, 15) is 0 Å². The summed E-state index contributed by atoms with van der Waals surface area (Å²) >= 11 is 0. The molecule has 0 aliphatic carbocycles. The van der Waals surface area contributed by atoms with Gasteiger partial charge in [-0.25, -0.2) is 0 Å². The lowest BCUT2D eigenvalue weighted by Gasteiger charge is -2.39. The Morgan fingerprint density at radius 1 is 1.71 bits per heavy atom. The fraction of sp³-hybridized carbons (Fsp3) is 1.00. The lowest BCUT2D eigenvalue weighted by Crippen LogP contribution is -2.53. The minimum atomic E-state index is 0.514. The van der Waals surface area contributed by atoms with Gasteiger partial charge < -0.3 is 5.32 Å². The van der Waals surface area contributed by atoms with E-state index < -0.39 is 0 Å². The highest BCUT2D eigenvalue weighted by Crippen LogP contribution is 2.20. The van der Waals surface area contributed by atoms with E-state index in [1.807, 2.05) is 0 Å². The van der Waals surface area contributed by atoms with Crippen molar-refractivity contribution in [2.75, 3.05) is 6.54 Å². The van der Waals surface area contributed by atoms with E-state index in [0.29, 0.717) is 5.54 Å². The maximum atomic E-state index is 3.37. The van der Waals surface area contributed by atoms with Crippen molar-refractivity contribution >= 4 is 0 Å². The molecular weight excluding hydrogens is 86.1 g/mol. The molecule has 0 aromatic rings. The second kappa shape index (κ2) is 1.48. The summed E-state index contributed by atoms with van der Waals surface area (Å²) in [4.78, 5) is 0. The number of hydrogen-bond donors (Lipinski definition) is 1. The van der Waals surface area contributed by atoms with Crippen LogP contribution in [0.3, 0.4) is 0 Å². The van der Waals surface area contributed by atoms with Crippen LogP contribution in [0, 0.1) is 0 Å². The lowest BCUT2D eigenvalue weighted by molar-refractivity contribution is 0.225. The molecule has 1 rings (SSSR count). The molecule has 1 aliphatic rings. The second-order valence-electron chi connectivity index (χ2n) is 2.59. The molecule has 1 atom stereocenters. The SMILES string of the molecule is CCC1(C)CCN1. The molecule has 1 saturated heterocycles. The van der Waals surface area contributed by atoms with Crippen LogP contribution in [0.5, 0.6) is 0 Å². The Balaban J connectivity index is 2.29. The topological polar surface area (TPSA) is 12.0 Å². The summed E-state index contributed by atoms with van der Waals surface area (Å²) < 4.78 is 0. The fourth-order valence-corrected chi connectivity index (χ4v) is 0.854. The molecular formula is C6H13N. The van der Waals surface area contributed by atoms with Crippen LogP contribution >= 0.6 is 0 Å². The molecule has 7 heavy (non-hydrogen) atoms. The first-order valence-corrected chi connectivity index (χ1v) is 3.02. The largest absolute Gasteiger partial charge is 0.311 e. The van der Waals surface area contributed by atoms with Crippen LogP contribution in [0.2, 0.25) is 0 Å². The van der Waals surface area contributed by atoms with Gasteiger partial charge in [-0.05, 0) is 26.3 Å². The first kappa shape index (κ1) is 5.10. The minimum absolute atomic E-state index is 0.514. The molecule has 0 saturated carbocycles. The summed E-state index contributed by atoms with van der Waals surface area (Å²) in [5, 5.41) is 3.37. The van der Waals surface area contributed by atoms with Gasteiger partial charge in [0.1, 0.15) is 0 Å².